The van der Waals surface area contributed by atoms with Crippen molar-refractivity contribution in [2.24, 2.45) is 0 Å². The Hall–Kier alpha value is -3.69. The number of para-hydroxylation sites is 1. The molecule has 178 valence electrons. The number of rotatable bonds is 6. The molecule has 2 atom stereocenters. The first-order valence-corrected chi connectivity index (χ1v) is 13.4. The van der Waals surface area contributed by atoms with Crippen molar-refractivity contribution >= 4 is 38.7 Å². The van der Waals surface area contributed by atoms with Gasteiger partial charge in [0, 0.05) is 35.1 Å². The van der Waals surface area contributed by atoms with Crippen molar-refractivity contribution in [3.8, 4) is 5.69 Å². The highest BCUT2D eigenvalue weighted by Crippen LogP contribution is 2.42. The molecule has 1 aliphatic rings. The number of hydrogen-bond acceptors (Lipinski definition) is 4. The largest absolute Gasteiger partial charge is 0.351 e. The van der Waals surface area contributed by atoms with Gasteiger partial charge < -0.3 is 14.8 Å². The minimum atomic E-state index is -3.36. The van der Waals surface area contributed by atoms with Gasteiger partial charge in [-0.05, 0) is 79.3 Å². The van der Waals surface area contributed by atoms with Crippen molar-refractivity contribution in [3.63, 3.8) is 0 Å². The molecule has 1 fully saturated rings. The molecule has 1 aliphatic heterocycles. The molecular formula is C26H25N5O2S2. The predicted octanol–water partition coefficient (Wildman–Crippen LogP) is 4.73. The van der Waals surface area contributed by atoms with Crippen LogP contribution in [0.15, 0.2) is 91.3 Å². The summed E-state index contributed by atoms with van der Waals surface area (Å²) in [6.07, 6.45) is 4.98. The van der Waals surface area contributed by atoms with Gasteiger partial charge in [-0.3, -0.25) is 9.71 Å². The molecule has 7 nitrogen and oxygen atoms in total. The average molecular weight is 504 g/mol. The van der Waals surface area contributed by atoms with E-state index >= 15 is 0 Å². The SMILES string of the molecule is Cc1ccccc1-n1cccc1[C@@H]1[C@H](c2ccccn2)NC(=S)N1c1ccc(NS(C)(=O)=O)cc1. The standard InChI is InChI=1S/C26H25N5O2S2/c1-18-8-3-4-10-22(18)30-17-7-11-23(30)25-24(21-9-5-6-16-27-21)28-26(34)31(25)20-14-12-19(13-15-20)29-35(2,32)33/h3-17,24-25,29H,1-2H3,(H,28,34)/t24-,25+/m0/s1. The molecule has 1 saturated heterocycles. The molecule has 0 unspecified atom stereocenters. The van der Waals surface area contributed by atoms with Crippen molar-refractivity contribution < 1.29 is 8.42 Å². The number of anilines is 2. The van der Waals surface area contributed by atoms with Gasteiger partial charge in [-0.15, -0.1) is 0 Å². The quantitative estimate of drug-likeness (QED) is 0.371. The van der Waals surface area contributed by atoms with E-state index in [0.717, 1.165) is 34.6 Å². The molecule has 2 aromatic heterocycles. The number of aromatic nitrogens is 2. The second kappa shape index (κ2) is 9.16. The van der Waals surface area contributed by atoms with Gasteiger partial charge in [0.05, 0.1) is 18.0 Å². The van der Waals surface area contributed by atoms with Crippen LogP contribution in [0.1, 0.15) is 29.0 Å². The summed E-state index contributed by atoms with van der Waals surface area (Å²) in [7, 11) is -3.36. The van der Waals surface area contributed by atoms with Crippen LogP contribution in [0, 0.1) is 6.92 Å². The molecule has 3 heterocycles. The van der Waals surface area contributed by atoms with Crippen LogP contribution < -0.4 is 14.9 Å². The minimum absolute atomic E-state index is 0.185. The Bertz CT molecular complexity index is 1470. The molecule has 0 radical (unpaired) electrons. The summed E-state index contributed by atoms with van der Waals surface area (Å²) in [4.78, 5) is 6.70. The van der Waals surface area contributed by atoms with Gasteiger partial charge in [0.15, 0.2) is 5.11 Å². The number of sulfonamides is 1. The lowest BCUT2D eigenvalue weighted by atomic mass is 10.0. The highest BCUT2D eigenvalue weighted by Gasteiger charge is 2.42. The number of hydrogen-bond donors (Lipinski definition) is 2. The maximum Gasteiger partial charge on any atom is 0.229 e. The Morgan fingerprint density at radius 1 is 0.971 bits per heavy atom. The Kier molecular flexibility index (Phi) is 6.04. The Balaban J connectivity index is 1.62. The van der Waals surface area contributed by atoms with Gasteiger partial charge >= 0.3 is 0 Å². The third kappa shape index (κ3) is 4.65. The summed E-state index contributed by atoms with van der Waals surface area (Å²) in [6, 6.07) is 25.1. The van der Waals surface area contributed by atoms with Gasteiger partial charge in [-0.25, -0.2) is 8.42 Å². The van der Waals surface area contributed by atoms with E-state index in [1.165, 1.54) is 0 Å². The van der Waals surface area contributed by atoms with Crippen LogP contribution in [0.25, 0.3) is 5.69 Å². The normalized spacial score (nSPS) is 17.9. The topological polar surface area (TPSA) is 79.3 Å². The summed E-state index contributed by atoms with van der Waals surface area (Å²) in [5.41, 5.74) is 5.54. The number of benzene rings is 2. The molecule has 2 aromatic carbocycles. The molecule has 35 heavy (non-hydrogen) atoms. The fourth-order valence-corrected chi connectivity index (χ4v) is 5.44. The number of nitrogens with one attached hydrogen (secondary N) is 2. The van der Waals surface area contributed by atoms with E-state index in [2.05, 4.69) is 55.8 Å². The lowest BCUT2D eigenvalue weighted by molar-refractivity contribution is 0.549. The smallest absolute Gasteiger partial charge is 0.229 e. The van der Waals surface area contributed by atoms with Crippen molar-refractivity contribution in [1.29, 1.82) is 0 Å². The van der Waals surface area contributed by atoms with Crippen LogP contribution in [-0.2, 0) is 10.0 Å². The highest BCUT2D eigenvalue weighted by atomic mass is 32.2. The van der Waals surface area contributed by atoms with Crippen LogP contribution in [-0.4, -0.2) is 29.3 Å². The first kappa shape index (κ1) is 23.1. The molecule has 2 N–H and O–H groups in total. The molecule has 0 aliphatic carbocycles. The van der Waals surface area contributed by atoms with E-state index in [1.807, 2.05) is 48.5 Å². The third-order valence-electron chi connectivity index (χ3n) is 6.01. The van der Waals surface area contributed by atoms with Crippen LogP contribution >= 0.6 is 12.2 Å². The Labute approximate surface area is 210 Å². The summed E-state index contributed by atoms with van der Waals surface area (Å²) in [6.45, 7) is 2.10. The van der Waals surface area contributed by atoms with Gasteiger partial charge in [0.1, 0.15) is 6.04 Å². The van der Waals surface area contributed by atoms with Crippen LogP contribution in [0.4, 0.5) is 11.4 Å². The van der Waals surface area contributed by atoms with E-state index in [1.54, 1.807) is 18.3 Å². The summed E-state index contributed by atoms with van der Waals surface area (Å²) < 4.78 is 28.0. The molecule has 0 amide bonds. The summed E-state index contributed by atoms with van der Waals surface area (Å²) in [5, 5.41) is 4.05. The molecule has 0 spiro atoms. The fraction of sp³-hybridized carbons (Fsp3) is 0.154. The summed E-state index contributed by atoms with van der Waals surface area (Å²) >= 11 is 5.82. The van der Waals surface area contributed by atoms with E-state index < -0.39 is 10.0 Å². The summed E-state index contributed by atoms with van der Waals surface area (Å²) in [5.74, 6) is 0. The number of nitrogens with zero attached hydrogens (tertiary/aromatic N) is 3. The Morgan fingerprint density at radius 3 is 2.40 bits per heavy atom. The molecule has 4 aromatic rings. The van der Waals surface area contributed by atoms with Crippen molar-refractivity contribution in [2.75, 3.05) is 15.9 Å². The number of thiocarbonyl (C=S) groups is 1. The second-order valence-electron chi connectivity index (χ2n) is 8.51. The first-order valence-electron chi connectivity index (χ1n) is 11.1. The average Bonchev–Trinajstić information content (AvgIpc) is 3.44. The predicted molar refractivity (Wildman–Crippen MR) is 143 cm³/mol. The maximum absolute atomic E-state index is 11.6. The van der Waals surface area contributed by atoms with Gasteiger partial charge in [-0.1, -0.05) is 24.3 Å². The zero-order chi connectivity index (χ0) is 24.6. The van der Waals surface area contributed by atoms with E-state index in [9.17, 15) is 8.42 Å². The minimum Gasteiger partial charge on any atom is -0.351 e. The highest BCUT2D eigenvalue weighted by molar-refractivity contribution is 7.92. The van der Waals surface area contributed by atoms with E-state index in [0.29, 0.717) is 10.8 Å². The van der Waals surface area contributed by atoms with Crippen LogP contribution in [0.3, 0.4) is 0 Å². The van der Waals surface area contributed by atoms with Crippen molar-refractivity contribution in [1.82, 2.24) is 14.9 Å². The zero-order valence-corrected chi connectivity index (χ0v) is 20.9. The maximum atomic E-state index is 11.6. The fourth-order valence-electron chi connectivity index (χ4n) is 4.53. The van der Waals surface area contributed by atoms with Gasteiger partial charge in [-0.2, -0.15) is 0 Å². The molecule has 5 rings (SSSR count). The van der Waals surface area contributed by atoms with Gasteiger partial charge in [0.2, 0.25) is 10.0 Å². The molecule has 0 bridgehead atoms. The van der Waals surface area contributed by atoms with Crippen molar-refractivity contribution in [2.45, 2.75) is 19.0 Å². The van der Waals surface area contributed by atoms with Crippen LogP contribution in [0.5, 0.6) is 0 Å². The zero-order valence-electron chi connectivity index (χ0n) is 19.3. The molecule has 0 saturated carbocycles. The van der Waals surface area contributed by atoms with Crippen molar-refractivity contribution in [3.05, 3.63) is 108 Å². The van der Waals surface area contributed by atoms with E-state index in [4.69, 9.17) is 12.2 Å². The third-order valence-corrected chi connectivity index (χ3v) is 6.93. The lowest BCUT2D eigenvalue weighted by Crippen LogP contribution is -2.30. The molecule has 9 heteroatoms. The lowest BCUT2D eigenvalue weighted by Gasteiger charge is -2.29. The Morgan fingerprint density at radius 2 is 1.71 bits per heavy atom. The second-order valence-corrected chi connectivity index (χ2v) is 10.6. The van der Waals surface area contributed by atoms with Gasteiger partial charge in [0.25, 0.3) is 0 Å². The number of pyridine rings is 1. The first-order chi connectivity index (χ1) is 16.8. The number of aryl methyl sites for hydroxylation is 1. The van der Waals surface area contributed by atoms with Crippen LogP contribution in [0.2, 0.25) is 0 Å². The van der Waals surface area contributed by atoms with E-state index in [-0.39, 0.29) is 12.1 Å². The molecular weight excluding hydrogens is 478 g/mol. The monoisotopic (exact) mass is 503 g/mol.